The lowest BCUT2D eigenvalue weighted by atomic mass is 9.93. The van der Waals surface area contributed by atoms with Crippen LogP contribution in [0, 0.1) is 5.41 Å². The van der Waals surface area contributed by atoms with Crippen molar-refractivity contribution in [3.8, 4) is 0 Å². The Balaban J connectivity index is 4.21. The van der Waals surface area contributed by atoms with Gasteiger partial charge in [0.1, 0.15) is 12.0 Å². The van der Waals surface area contributed by atoms with Crippen molar-refractivity contribution in [2.24, 2.45) is 5.41 Å². The van der Waals surface area contributed by atoms with Gasteiger partial charge in [-0.1, -0.05) is 6.92 Å². The number of aliphatic hydroxyl groups is 1. The highest BCUT2D eigenvalue weighted by Gasteiger charge is 2.35. The second-order valence-corrected chi connectivity index (χ2v) is 3.62. The van der Waals surface area contributed by atoms with E-state index in [2.05, 4.69) is 4.74 Å². The number of carbonyl (C=O) groups excluding carboxylic acids is 2. The van der Waals surface area contributed by atoms with Gasteiger partial charge in [0.25, 0.3) is 0 Å². The van der Waals surface area contributed by atoms with Gasteiger partial charge < -0.3 is 14.6 Å². The molecule has 15 heavy (non-hydrogen) atoms. The molecule has 0 aromatic rings. The number of methoxy groups -OCH3 is 1. The van der Waals surface area contributed by atoms with Crippen LogP contribution in [0.25, 0.3) is 0 Å². The van der Waals surface area contributed by atoms with Crippen LogP contribution in [0.2, 0.25) is 0 Å². The molecule has 0 amide bonds. The molecule has 0 bridgehead atoms. The van der Waals surface area contributed by atoms with Crippen molar-refractivity contribution in [2.45, 2.75) is 26.7 Å². The van der Waals surface area contributed by atoms with Crippen LogP contribution in [-0.4, -0.2) is 37.4 Å². The maximum Gasteiger partial charge on any atom is 0.317 e. The lowest BCUT2D eigenvalue weighted by molar-refractivity contribution is -0.163. The van der Waals surface area contributed by atoms with Crippen LogP contribution in [0.3, 0.4) is 0 Å². The molecule has 0 spiro atoms. The number of carbonyl (C=O) groups is 2. The van der Waals surface area contributed by atoms with E-state index in [1.54, 1.807) is 0 Å². The van der Waals surface area contributed by atoms with E-state index in [0.717, 1.165) is 0 Å². The number of aliphatic hydroxyl groups excluding tert-OH is 1. The normalized spacial score (nSPS) is 14.1. The smallest absolute Gasteiger partial charge is 0.317 e. The first-order valence-corrected chi connectivity index (χ1v) is 4.85. The quantitative estimate of drug-likeness (QED) is 0.657. The molecule has 1 atom stereocenters. The van der Waals surface area contributed by atoms with Gasteiger partial charge in [0.15, 0.2) is 0 Å². The van der Waals surface area contributed by atoms with Crippen LogP contribution in [0.15, 0.2) is 0 Å². The van der Waals surface area contributed by atoms with E-state index >= 15 is 0 Å². The van der Waals surface area contributed by atoms with E-state index in [1.165, 1.54) is 14.0 Å². The number of esters is 2. The maximum absolute atomic E-state index is 11.3. The molecule has 0 aliphatic carbocycles. The van der Waals surface area contributed by atoms with E-state index < -0.39 is 18.0 Å². The molecule has 0 aliphatic heterocycles. The van der Waals surface area contributed by atoms with Gasteiger partial charge >= 0.3 is 11.9 Å². The summed E-state index contributed by atoms with van der Waals surface area (Å²) in [7, 11) is 1.23. The molecule has 0 saturated heterocycles. The lowest BCUT2D eigenvalue weighted by Crippen LogP contribution is -2.38. The zero-order chi connectivity index (χ0) is 11.9. The summed E-state index contributed by atoms with van der Waals surface area (Å²) in [6.45, 7) is 2.76. The van der Waals surface area contributed by atoms with Crippen LogP contribution in [0.4, 0.5) is 0 Å². The number of rotatable bonds is 6. The molecule has 0 fully saturated rings. The van der Waals surface area contributed by atoms with Gasteiger partial charge in [0.05, 0.1) is 13.7 Å². The van der Waals surface area contributed by atoms with Gasteiger partial charge in [-0.05, 0) is 13.3 Å². The first-order chi connectivity index (χ1) is 7.00. The Morgan fingerprint density at radius 2 is 2.00 bits per heavy atom. The molecule has 5 heteroatoms. The van der Waals surface area contributed by atoms with Gasteiger partial charge in [-0.15, -0.1) is 0 Å². The van der Waals surface area contributed by atoms with Gasteiger partial charge in [-0.2, -0.15) is 0 Å². The summed E-state index contributed by atoms with van der Waals surface area (Å²) in [6.07, 6.45) is 0.996. The van der Waals surface area contributed by atoms with E-state index in [4.69, 9.17) is 9.84 Å². The van der Waals surface area contributed by atoms with Crippen molar-refractivity contribution >= 4 is 11.9 Å². The standard InChI is InChI=1S/C10H18O5/c1-4-5-8(12)15-7-10(2,6-11)9(13)14-3/h11H,4-7H2,1-3H3. The Morgan fingerprint density at radius 3 is 2.40 bits per heavy atom. The molecule has 5 nitrogen and oxygen atoms in total. The predicted molar refractivity (Wildman–Crippen MR) is 53.1 cm³/mol. The number of hydrogen-bond acceptors (Lipinski definition) is 5. The molecule has 1 N–H and O–H groups in total. The minimum atomic E-state index is -1.17. The fraction of sp³-hybridized carbons (Fsp3) is 0.800. The van der Waals surface area contributed by atoms with Crippen LogP contribution < -0.4 is 0 Å². The molecule has 1 unspecified atom stereocenters. The second kappa shape index (κ2) is 6.40. The number of hydrogen-bond donors (Lipinski definition) is 1. The fourth-order valence-corrected chi connectivity index (χ4v) is 0.932. The Kier molecular flexibility index (Phi) is 5.93. The summed E-state index contributed by atoms with van der Waals surface area (Å²) in [5.74, 6) is -0.963. The summed E-state index contributed by atoms with van der Waals surface area (Å²) < 4.78 is 9.37. The highest BCUT2D eigenvalue weighted by Crippen LogP contribution is 2.18. The third kappa shape index (κ3) is 4.29. The van der Waals surface area contributed by atoms with Crippen LogP contribution in [0.1, 0.15) is 26.7 Å². The molecular formula is C10H18O5. The van der Waals surface area contributed by atoms with Crippen molar-refractivity contribution in [2.75, 3.05) is 20.3 Å². The highest BCUT2D eigenvalue weighted by molar-refractivity contribution is 5.77. The van der Waals surface area contributed by atoms with Crippen molar-refractivity contribution in [1.82, 2.24) is 0 Å². The van der Waals surface area contributed by atoms with Gasteiger partial charge in [-0.25, -0.2) is 0 Å². The van der Waals surface area contributed by atoms with Gasteiger partial charge in [0.2, 0.25) is 0 Å². The molecule has 0 aliphatic rings. The molecule has 0 radical (unpaired) electrons. The minimum Gasteiger partial charge on any atom is -0.468 e. The van der Waals surface area contributed by atoms with E-state index in [0.29, 0.717) is 12.8 Å². The molecule has 0 aromatic carbocycles. The molecule has 0 heterocycles. The van der Waals surface area contributed by atoms with Gasteiger partial charge in [0, 0.05) is 6.42 Å². The minimum absolute atomic E-state index is 0.158. The van der Waals surface area contributed by atoms with Crippen molar-refractivity contribution in [3.63, 3.8) is 0 Å². The third-order valence-electron chi connectivity index (χ3n) is 2.03. The Bertz CT molecular complexity index is 226. The topological polar surface area (TPSA) is 72.8 Å². The Morgan fingerprint density at radius 1 is 1.40 bits per heavy atom. The summed E-state index contributed by atoms with van der Waals surface area (Å²) in [5.41, 5.74) is -1.17. The van der Waals surface area contributed by atoms with E-state index in [-0.39, 0.29) is 12.6 Å². The summed E-state index contributed by atoms with van der Waals surface area (Å²) >= 11 is 0. The van der Waals surface area contributed by atoms with Crippen molar-refractivity contribution < 1.29 is 24.2 Å². The van der Waals surface area contributed by atoms with E-state index in [9.17, 15) is 9.59 Å². The first kappa shape index (κ1) is 13.9. The molecule has 0 rings (SSSR count). The summed E-state index contributed by atoms with van der Waals surface area (Å²) in [6, 6.07) is 0. The summed E-state index contributed by atoms with van der Waals surface area (Å²) in [4.78, 5) is 22.3. The summed E-state index contributed by atoms with van der Waals surface area (Å²) in [5, 5.41) is 9.04. The molecule has 0 aromatic heterocycles. The van der Waals surface area contributed by atoms with Crippen molar-refractivity contribution in [3.05, 3.63) is 0 Å². The zero-order valence-corrected chi connectivity index (χ0v) is 9.41. The zero-order valence-electron chi connectivity index (χ0n) is 9.41. The van der Waals surface area contributed by atoms with E-state index in [1.807, 2.05) is 6.92 Å². The van der Waals surface area contributed by atoms with Crippen LogP contribution in [-0.2, 0) is 19.1 Å². The maximum atomic E-state index is 11.3. The fourth-order valence-electron chi connectivity index (χ4n) is 0.932. The predicted octanol–water partition coefficient (Wildman–Crippen LogP) is 0.501. The molecular weight excluding hydrogens is 200 g/mol. The largest absolute Gasteiger partial charge is 0.468 e. The molecule has 0 saturated carbocycles. The monoisotopic (exact) mass is 218 g/mol. The first-order valence-electron chi connectivity index (χ1n) is 4.85. The Labute approximate surface area is 89.4 Å². The Hall–Kier alpha value is -1.10. The second-order valence-electron chi connectivity index (χ2n) is 3.62. The molecule has 88 valence electrons. The van der Waals surface area contributed by atoms with Gasteiger partial charge in [-0.3, -0.25) is 9.59 Å². The highest BCUT2D eigenvalue weighted by atomic mass is 16.5. The van der Waals surface area contributed by atoms with Crippen molar-refractivity contribution in [1.29, 1.82) is 0 Å². The van der Waals surface area contributed by atoms with Crippen LogP contribution >= 0.6 is 0 Å². The third-order valence-corrected chi connectivity index (χ3v) is 2.03. The average molecular weight is 218 g/mol. The average Bonchev–Trinajstić information content (AvgIpc) is 2.25. The number of ether oxygens (including phenoxy) is 2. The lowest BCUT2D eigenvalue weighted by Gasteiger charge is -2.23. The van der Waals surface area contributed by atoms with Crippen LogP contribution in [0.5, 0.6) is 0 Å². The SMILES string of the molecule is CCCC(=O)OCC(C)(CO)C(=O)OC.